The molecule has 0 heterocycles. The van der Waals surface area contributed by atoms with Gasteiger partial charge in [-0.15, -0.1) is 0 Å². The van der Waals surface area contributed by atoms with Gasteiger partial charge in [-0.1, -0.05) is 31.9 Å². The summed E-state index contributed by atoms with van der Waals surface area (Å²) in [5.74, 6) is 0.0907. The van der Waals surface area contributed by atoms with Crippen molar-refractivity contribution in [1.29, 1.82) is 0 Å². The van der Waals surface area contributed by atoms with Gasteiger partial charge in [0, 0.05) is 22.9 Å². The average Bonchev–Trinajstić information content (AvgIpc) is 3.49. The second-order valence-corrected chi connectivity index (χ2v) is 6.95. The SMILES string of the molecule is CCCCCc1ccc(NC(=O)c2ccc(NC(=O)C3CC3)cc2)cc1. The third-order valence-corrected chi connectivity index (χ3v) is 4.64. The van der Waals surface area contributed by atoms with E-state index >= 15 is 0 Å². The van der Waals surface area contributed by atoms with Crippen LogP contribution in [0.25, 0.3) is 0 Å². The summed E-state index contributed by atoms with van der Waals surface area (Å²) in [4.78, 5) is 24.1. The van der Waals surface area contributed by atoms with Gasteiger partial charge in [0.25, 0.3) is 5.91 Å². The van der Waals surface area contributed by atoms with Crippen molar-refractivity contribution in [2.75, 3.05) is 10.6 Å². The minimum absolute atomic E-state index is 0.0706. The largest absolute Gasteiger partial charge is 0.326 e. The molecule has 1 aliphatic carbocycles. The second-order valence-electron chi connectivity index (χ2n) is 6.95. The van der Waals surface area contributed by atoms with Gasteiger partial charge in [0.2, 0.25) is 5.91 Å². The Labute approximate surface area is 155 Å². The van der Waals surface area contributed by atoms with E-state index in [-0.39, 0.29) is 17.7 Å². The maximum Gasteiger partial charge on any atom is 0.255 e. The Morgan fingerprint density at radius 1 is 0.885 bits per heavy atom. The lowest BCUT2D eigenvalue weighted by atomic mass is 10.1. The van der Waals surface area contributed by atoms with Crippen molar-refractivity contribution in [3.05, 3.63) is 59.7 Å². The minimum atomic E-state index is -0.149. The van der Waals surface area contributed by atoms with Gasteiger partial charge in [-0.3, -0.25) is 9.59 Å². The number of nitrogens with one attached hydrogen (secondary N) is 2. The highest BCUT2D eigenvalue weighted by molar-refractivity contribution is 6.04. The lowest BCUT2D eigenvalue weighted by Crippen LogP contribution is -2.14. The van der Waals surface area contributed by atoms with Gasteiger partial charge in [0.15, 0.2) is 0 Å². The van der Waals surface area contributed by atoms with Gasteiger partial charge >= 0.3 is 0 Å². The van der Waals surface area contributed by atoms with Crippen LogP contribution in [0.1, 0.15) is 54.9 Å². The quantitative estimate of drug-likeness (QED) is 0.657. The van der Waals surface area contributed by atoms with Crippen molar-refractivity contribution >= 4 is 23.2 Å². The molecule has 0 unspecified atom stereocenters. The number of amides is 2. The Morgan fingerprint density at radius 3 is 2.12 bits per heavy atom. The molecule has 0 radical (unpaired) electrons. The first-order valence-electron chi connectivity index (χ1n) is 9.47. The molecule has 1 aliphatic rings. The molecule has 4 heteroatoms. The van der Waals surface area contributed by atoms with Crippen LogP contribution in [0.3, 0.4) is 0 Å². The van der Waals surface area contributed by atoms with Crippen LogP contribution in [0.2, 0.25) is 0 Å². The van der Waals surface area contributed by atoms with E-state index < -0.39 is 0 Å². The summed E-state index contributed by atoms with van der Waals surface area (Å²) in [6.45, 7) is 2.20. The summed E-state index contributed by atoms with van der Waals surface area (Å²) >= 11 is 0. The molecule has 0 spiro atoms. The fourth-order valence-electron chi connectivity index (χ4n) is 2.83. The zero-order chi connectivity index (χ0) is 18.4. The summed E-state index contributed by atoms with van der Waals surface area (Å²) < 4.78 is 0. The molecule has 136 valence electrons. The highest BCUT2D eigenvalue weighted by Crippen LogP contribution is 2.30. The Bertz CT molecular complexity index is 747. The fourth-order valence-corrected chi connectivity index (χ4v) is 2.83. The van der Waals surface area contributed by atoms with E-state index in [2.05, 4.69) is 29.7 Å². The summed E-state index contributed by atoms with van der Waals surface area (Å²) in [6.07, 6.45) is 6.70. The van der Waals surface area contributed by atoms with Crippen LogP contribution in [0.4, 0.5) is 11.4 Å². The first-order chi connectivity index (χ1) is 12.7. The number of hydrogen-bond donors (Lipinski definition) is 2. The van der Waals surface area contributed by atoms with Crippen LogP contribution in [-0.4, -0.2) is 11.8 Å². The van der Waals surface area contributed by atoms with Crippen molar-refractivity contribution in [1.82, 2.24) is 0 Å². The monoisotopic (exact) mass is 350 g/mol. The number of unbranched alkanes of at least 4 members (excludes halogenated alkanes) is 2. The zero-order valence-electron chi connectivity index (χ0n) is 15.3. The molecular weight excluding hydrogens is 324 g/mol. The highest BCUT2D eigenvalue weighted by atomic mass is 16.2. The molecule has 1 fully saturated rings. The summed E-state index contributed by atoms with van der Waals surface area (Å²) in [5.41, 5.74) is 3.39. The number of hydrogen-bond acceptors (Lipinski definition) is 2. The Morgan fingerprint density at radius 2 is 1.50 bits per heavy atom. The number of anilines is 2. The molecular formula is C22H26N2O2. The molecule has 2 aromatic carbocycles. The van der Waals surface area contributed by atoms with E-state index in [1.54, 1.807) is 24.3 Å². The molecule has 0 aliphatic heterocycles. The molecule has 2 N–H and O–H groups in total. The van der Waals surface area contributed by atoms with Crippen molar-refractivity contribution in [3.8, 4) is 0 Å². The van der Waals surface area contributed by atoms with E-state index in [1.807, 2.05) is 12.1 Å². The van der Waals surface area contributed by atoms with E-state index in [9.17, 15) is 9.59 Å². The number of carbonyl (C=O) groups excluding carboxylic acids is 2. The predicted molar refractivity (Wildman–Crippen MR) is 105 cm³/mol. The topological polar surface area (TPSA) is 58.2 Å². The standard InChI is InChI=1S/C22H26N2O2/c1-2-3-4-5-16-6-12-19(13-7-16)23-22(26)18-10-14-20(15-11-18)24-21(25)17-8-9-17/h6-7,10-15,17H,2-5,8-9H2,1H3,(H,23,26)(H,24,25). The molecule has 0 atom stereocenters. The fraction of sp³-hybridized carbons (Fsp3) is 0.364. The smallest absolute Gasteiger partial charge is 0.255 e. The lowest BCUT2D eigenvalue weighted by Gasteiger charge is -2.08. The Balaban J connectivity index is 1.53. The third-order valence-electron chi connectivity index (χ3n) is 4.64. The van der Waals surface area contributed by atoms with Crippen LogP contribution < -0.4 is 10.6 Å². The molecule has 1 saturated carbocycles. The van der Waals surface area contributed by atoms with E-state index in [1.165, 1.54) is 24.8 Å². The van der Waals surface area contributed by atoms with Crippen LogP contribution >= 0.6 is 0 Å². The maximum atomic E-state index is 12.4. The summed E-state index contributed by atoms with van der Waals surface area (Å²) in [7, 11) is 0. The van der Waals surface area contributed by atoms with E-state index in [4.69, 9.17) is 0 Å². The third kappa shape index (κ3) is 5.19. The predicted octanol–water partition coefficient (Wildman–Crippen LogP) is 5.02. The second kappa shape index (κ2) is 8.65. The van der Waals surface area contributed by atoms with Crippen LogP contribution in [-0.2, 0) is 11.2 Å². The Hall–Kier alpha value is -2.62. The highest BCUT2D eigenvalue weighted by Gasteiger charge is 2.29. The van der Waals surface area contributed by atoms with Gasteiger partial charge in [0.1, 0.15) is 0 Å². The number of rotatable bonds is 8. The molecule has 4 nitrogen and oxygen atoms in total. The van der Waals surface area contributed by atoms with Crippen molar-refractivity contribution < 1.29 is 9.59 Å². The first kappa shape index (κ1) is 18.2. The van der Waals surface area contributed by atoms with Gasteiger partial charge < -0.3 is 10.6 Å². The van der Waals surface area contributed by atoms with Crippen LogP contribution in [0, 0.1) is 5.92 Å². The van der Waals surface area contributed by atoms with Gasteiger partial charge in [0.05, 0.1) is 0 Å². The van der Waals surface area contributed by atoms with Gasteiger partial charge in [-0.05, 0) is 67.6 Å². The molecule has 2 aromatic rings. The normalized spacial score (nSPS) is 13.3. The maximum absolute atomic E-state index is 12.4. The summed E-state index contributed by atoms with van der Waals surface area (Å²) in [6, 6.07) is 15.0. The number of carbonyl (C=O) groups is 2. The molecule has 26 heavy (non-hydrogen) atoms. The van der Waals surface area contributed by atoms with E-state index in [0.29, 0.717) is 5.56 Å². The van der Waals surface area contributed by atoms with Crippen molar-refractivity contribution in [3.63, 3.8) is 0 Å². The summed E-state index contributed by atoms with van der Waals surface area (Å²) in [5, 5.41) is 5.79. The number of aryl methyl sites for hydroxylation is 1. The average molecular weight is 350 g/mol. The van der Waals surface area contributed by atoms with Crippen LogP contribution in [0.15, 0.2) is 48.5 Å². The van der Waals surface area contributed by atoms with Gasteiger partial charge in [-0.25, -0.2) is 0 Å². The number of benzene rings is 2. The zero-order valence-corrected chi connectivity index (χ0v) is 15.3. The van der Waals surface area contributed by atoms with E-state index in [0.717, 1.165) is 30.6 Å². The molecule has 0 bridgehead atoms. The first-order valence-corrected chi connectivity index (χ1v) is 9.47. The Kier molecular flexibility index (Phi) is 6.05. The molecule has 3 rings (SSSR count). The lowest BCUT2D eigenvalue weighted by molar-refractivity contribution is -0.117. The van der Waals surface area contributed by atoms with Gasteiger partial charge in [-0.2, -0.15) is 0 Å². The van der Waals surface area contributed by atoms with Crippen molar-refractivity contribution in [2.45, 2.75) is 45.4 Å². The van der Waals surface area contributed by atoms with Crippen LogP contribution in [0.5, 0.6) is 0 Å². The molecule has 0 aromatic heterocycles. The van der Waals surface area contributed by atoms with Crippen molar-refractivity contribution in [2.24, 2.45) is 5.92 Å². The molecule has 2 amide bonds. The minimum Gasteiger partial charge on any atom is -0.326 e. The molecule has 0 saturated heterocycles.